The number of benzene rings is 2. The minimum atomic E-state index is -0.334. The Balaban J connectivity index is 2.09. The average molecular weight is 374 g/mol. The van der Waals surface area contributed by atoms with E-state index in [-0.39, 0.29) is 11.6 Å². The molecular weight excluding hydrogens is 363 g/mol. The van der Waals surface area contributed by atoms with Crippen molar-refractivity contribution >= 4 is 31.9 Å². The molecule has 0 saturated carbocycles. The van der Waals surface area contributed by atoms with Crippen molar-refractivity contribution < 1.29 is 9.13 Å². The van der Waals surface area contributed by atoms with Gasteiger partial charge in [-0.1, -0.05) is 56.1 Å². The van der Waals surface area contributed by atoms with Crippen LogP contribution >= 0.6 is 31.9 Å². The van der Waals surface area contributed by atoms with E-state index in [4.69, 9.17) is 4.74 Å². The largest absolute Gasteiger partial charge is 0.486 e. The Labute approximate surface area is 122 Å². The van der Waals surface area contributed by atoms with Crippen molar-refractivity contribution in [2.75, 3.05) is 0 Å². The summed E-state index contributed by atoms with van der Waals surface area (Å²) in [5.74, 6) is -0.0607. The molecule has 0 unspecified atom stereocenters. The van der Waals surface area contributed by atoms with Crippen LogP contribution in [0.5, 0.6) is 5.75 Å². The lowest BCUT2D eigenvalue weighted by atomic mass is 10.2. The maximum atomic E-state index is 13.7. The van der Waals surface area contributed by atoms with E-state index in [1.54, 1.807) is 6.07 Å². The van der Waals surface area contributed by atoms with Crippen LogP contribution in [0.1, 0.15) is 11.1 Å². The fourth-order valence-corrected chi connectivity index (χ4v) is 2.26. The highest BCUT2D eigenvalue weighted by Crippen LogP contribution is 2.22. The second-order valence-electron chi connectivity index (χ2n) is 3.78. The van der Waals surface area contributed by atoms with Gasteiger partial charge in [-0.3, -0.25) is 0 Å². The maximum Gasteiger partial charge on any atom is 0.165 e. The molecule has 0 radical (unpaired) electrons. The van der Waals surface area contributed by atoms with Crippen molar-refractivity contribution in [1.82, 2.24) is 0 Å². The Kier molecular flexibility index (Phi) is 4.78. The number of ether oxygens (including phenoxy) is 1. The zero-order valence-electron chi connectivity index (χ0n) is 9.50. The zero-order chi connectivity index (χ0) is 13.0. The molecule has 0 bridgehead atoms. The second-order valence-corrected chi connectivity index (χ2v) is 5.19. The van der Waals surface area contributed by atoms with Crippen LogP contribution in [0.4, 0.5) is 4.39 Å². The molecule has 0 fully saturated rings. The van der Waals surface area contributed by atoms with Crippen LogP contribution in [0, 0.1) is 5.82 Å². The number of hydrogen-bond acceptors (Lipinski definition) is 1. The molecule has 1 nitrogen and oxygen atoms in total. The molecular formula is C14H11Br2FO. The molecule has 94 valence electrons. The van der Waals surface area contributed by atoms with Gasteiger partial charge in [-0.2, -0.15) is 0 Å². The van der Waals surface area contributed by atoms with Crippen molar-refractivity contribution in [2.24, 2.45) is 0 Å². The summed E-state index contributed by atoms with van der Waals surface area (Å²) in [4.78, 5) is 0. The van der Waals surface area contributed by atoms with Crippen LogP contribution in [0.2, 0.25) is 0 Å². The Morgan fingerprint density at radius 3 is 2.56 bits per heavy atom. The van der Waals surface area contributed by atoms with Crippen LogP contribution in [-0.2, 0) is 11.9 Å². The fraction of sp³-hybridized carbons (Fsp3) is 0.143. The van der Waals surface area contributed by atoms with Crippen LogP contribution in [0.25, 0.3) is 0 Å². The van der Waals surface area contributed by atoms with Gasteiger partial charge in [-0.05, 0) is 23.8 Å². The van der Waals surface area contributed by atoms with Crippen molar-refractivity contribution in [3.8, 4) is 5.75 Å². The predicted molar refractivity (Wildman–Crippen MR) is 77.5 cm³/mol. The lowest BCUT2D eigenvalue weighted by Crippen LogP contribution is -1.98. The Hall–Kier alpha value is -0.870. The molecule has 0 amide bonds. The summed E-state index contributed by atoms with van der Waals surface area (Å²) in [7, 11) is 0. The average Bonchev–Trinajstić information content (AvgIpc) is 2.39. The van der Waals surface area contributed by atoms with E-state index in [0.29, 0.717) is 11.9 Å². The predicted octanol–water partition coefficient (Wildman–Crippen LogP) is 5.06. The SMILES string of the molecule is Fc1cc(CBr)ccc1OCc1ccccc1Br. The molecule has 0 saturated heterocycles. The highest BCUT2D eigenvalue weighted by atomic mass is 79.9. The molecule has 0 spiro atoms. The van der Waals surface area contributed by atoms with Gasteiger partial charge in [0.25, 0.3) is 0 Å². The summed E-state index contributed by atoms with van der Waals surface area (Å²) < 4.78 is 20.1. The molecule has 2 aromatic carbocycles. The van der Waals surface area contributed by atoms with Gasteiger partial charge >= 0.3 is 0 Å². The third-order valence-electron chi connectivity index (χ3n) is 2.49. The Morgan fingerprint density at radius 1 is 1.11 bits per heavy atom. The van der Waals surface area contributed by atoms with Gasteiger partial charge in [0.15, 0.2) is 11.6 Å². The monoisotopic (exact) mass is 372 g/mol. The molecule has 0 aliphatic carbocycles. The van der Waals surface area contributed by atoms with E-state index in [0.717, 1.165) is 15.6 Å². The first-order chi connectivity index (χ1) is 8.70. The lowest BCUT2D eigenvalue weighted by molar-refractivity contribution is 0.289. The summed E-state index contributed by atoms with van der Waals surface area (Å²) in [6.45, 7) is 0.339. The van der Waals surface area contributed by atoms with E-state index >= 15 is 0 Å². The van der Waals surface area contributed by atoms with Crippen molar-refractivity contribution in [2.45, 2.75) is 11.9 Å². The van der Waals surface area contributed by atoms with Crippen LogP contribution < -0.4 is 4.74 Å². The smallest absolute Gasteiger partial charge is 0.165 e. The van der Waals surface area contributed by atoms with Gasteiger partial charge in [-0.15, -0.1) is 0 Å². The normalized spacial score (nSPS) is 10.4. The van der Waals surface area contributed by atoms with E-state index in [1.807, 2.05) is 30.3 Å². The summed E-state index contributed by atoms with van der Waals surface area (Å²) in [6, 6.07) is 12.7. The van der Waals surface area contributed by atoms with E-state index in [2.05, 4.69) is 31.9 Å². The number of hydrogen-bond donors (Lipinski definition) is 0. The maximum absolute atomic E-state index is 13.7. The second kappa shape index (κ2) is 6.34. The number of halogens is 3. The molecule has 4 heteroatoms. The molecule has 0 aliphatic heterocycles. The molecule has 18 heavy (non-hydrogen) atoms. The van der Waals surface area contributed by atoms with Crippen molar-refractivity contribution in [3.63, 3.8) is 0 Å². The first-order valence-corrected chi connectivity index (χ1v) is 7.32. The minimum Gasteiger partial charge on any atom is -0.486 e. The Bertz CT molecular complexity index is 543. The van der Waals surface area contributed by atoms with Gasteiger partial charge < -0.3 is 4.74 Å². The van der Waals surface area contributed by atoms with E-state index in [1.165, 1.54) is 6.07 Å². The highest BCUT2D eigenvalue weighted by Gasteiger charge is 2.06. The summed E-state index contributed by atoms with van der Waals surface area (Å²) >= 11 is 6.72. The quantitative estimate of drug-likeness (QED) is 0.680. The molecule has 0 N–H and O–H groups in total. The van der Waals surface area contributed by atoms with Crippen molar-refractivity contribution in [3.05, 3.63) is 63.9 Å². The molecule has 2 aromatic rings. The van der Waals surface area contributed by atoms with Crippen LogP contribution in [-0.4, -0.2) is 0 Å². The van der Waals surface area contributed by atoms with Gasteiger partial charge in [0.2, 0.25) is 0 Å². The third-order valence-corrected chi connectivity index (χ3v) is 3.91. The lowest BCUT2D eigenvalue weighted by Gasteiger charge is -2.09. The van der Waals surface area contributed by atoms with Gasteiger partial charge in [0, 0.05) is 15.4 Å². The summed E-state index contributed by atoms with van der Waals surface area (Å²) in [5, 5.41) is 0.633. The standard InChI is InChI=1S/C14H11Br2FO/c15-8-10-5-6-14(13(17)7-10)18-9-11-3-1-2-4-12(11)16/h1-7H,8-9H2. The Morgan fingerprint density at radius 2 is 1.89 bits per heavy atom. The van der Waals surface area contributed by atoms with Crippen molar-refractivity contribution in [1.29, 1.82) is 0 Å². The molecule has 0 atom stereocenters. The van der Waals surface area contributed by atoms with E-state index < -0.39 is 0 Å². The van der Waals surface area contributed by atoms with Gasteiger partial charge in [0.05, 0.1) is 0 Å². The molecule has 0 aromatic heterocycles. The summed E-state index contributed by atoms with van der Waals surface area (Å²) in [6.07, 6.45) is 0. The number of rotatable bonds is 4. The third kappa shape index (κ3) is 3.33. The first kappa shape index (κ1) is 13.6. The first-order valence-electron chi connectivity index (χ1n) is 5.41. The number of alkyl halides is 1. The van der Waals surface area contributed by atoms with E-state index in [9.17, 15) is 4.39 Å². The van der Waals surface area contributed by atoms with Crippen LogP contribution in [0.15, 0.2) is 46.9 Å². The minimum absolute atomic E-state index is 0.274. The zero-order valence-corrected chi connectivity index (χ0v) is 12.7. The highest BCUT2D eigenvalue weighted by molar-refractivity contribution is 9.10. The van der Waals surface area contributed by atoms with Gasteiger partial charge in [-0.25, -0.2) is 4.39 Å². The van der Waals surface area contributed by atoms with Crippen LogP contribution in [0.3, 0.4) is 0 Å². The summed E-state index contributed by atoms with van der Waals surface area (Å²) in [5.41, 5.74) is 1.88. The molecule has 0 heterocycles. The fourth-order valence-electron chi connectivity index (χ4n) is 1.52. The molecule has 0 aliphatic rings. The topological polar surface area (TPSA) is 9.23 Å². The van der Waals surface area contributed by atoms with Gasteiger partial charge in [0.1, 0.15) is 6.61 Å². The molecule has 2 rings (SSSR count).